The van der Waals surface area contributed by atoms with E-state index in [1.54, 1.807) is 6.07 Å². The van der Waals surface area contributed by atoms with E-state index in [-0.39, 0.29) is 11.8 Å². The van der Waals surface area contributed by atoms with Crippen LogP contribution in [-0.4, -0.2) is 26.2 Å². The van der Waals surface area contributed by atoms with Crippen LogP contribution < -0.4 is 10.1 Å². The molecule has 4 nitrogen and oxygen atoms in total. The minimum atomic E-state index is -0.278. The van der Waals surface area contributed by atoms with E-state index in [0.29, 0.717) is 31.7 Å². The average Bonchev–Trinajstić information content (AvgIpc) is 2.45. The van der Waals surface area contributed by atoms with E-state index in [1.807, 2.05) is 0 Å². The van der Waals surface area contributed by atoms with Crippen LogP contribution in [0, 0.1) is 5.82 Å². The molecule has 0 atom stereocenters. The first kappa shape index (κ1) is 16.4. The fourth-order valence-electron chi connectivity index (χ4n) is 1.73. The maximum Gasteiger partial charge on any atom is 0.305 e. The van der Waals surface area contributed by atoms with E-state index in [9.17, 15) is 9.18 Å². The third kappa shape index (κ3) is 6.02. The van der Waals surface area contributed by atoms with Gasteiger partial charge in [-0.15, -0.1) is 0 Å². The highest BCUT2D eigenvalue weighted by Crippen LogP contribution is 2.20. The van der Waals surface area contributed by atoms with E-state index >= 15 is 0 Å². The lowest BCUT2D eigenvalue weighted by Crippen LogP contribution is -2.15. The van der Waals surface area contributed by atoms with E-state index in [0.717, 1.165) is 18.5 Å². The molecule has 0 saturated heterocycles. The number of hydrogen-bond donors (Lipinski definition) is 1. The lowest BCUT2D eigenvalue weighted by Gasteiger charge is -2.12. The molecule has 0 saturated carbocycles. The van der Waals surface area contributed by atoms with Crippen LogP contribution in [0.5, 0.6) is 5.75 Å². The summed E-state index contributed by atoms with van der Waals surface area (Å²) in [6, 6.07) is 4.47. The number of methoxy groups -OCH3 is 1. The molecule has 0 unspecified atom stereocenters. The molecule has 112 valence electrons. The molecule has 1 aromatic rings. The molecule has 0 radical (unpaired) electrons. The molecular formula is C15H22FNO3. The van der Waals surface area contributed by atoms with Gasteiger partial charge in [-0.1, -0.05) is 6.92 Å². The smallest absolute Gasteiger partial charge is 0.305 e. The maximum absolute atomic E-state index is 13.3. The Morgan fingerprint density at radius 3 is 2.90 bits per heavy atom. The second kappa shape index (κ2) is 9.31. The molecule has 1 aromatic carbocycles. The molecule has 0 fully saturated rings. The van der Waals surface area contributed by atoms with Crippen molar-refractivity contribution in [3.63, 3.8) is 0 Å². The van der Waals surface area contributed by atoms with E-state index in [4.69, 9.17) is 4.74 Å². The predicted molar refractivity (Wildman–Crippen MR) is 75.1 cm³/mol. The van der Waals surface area contributed by atoms with Gasteiger partial charge in [0.25, 0.3) is 0 Å². The summed E-state index contributed by atoms with van der Waals surface area (Å²) in [6.07, 6.45) is 1.91. The average molecular weight is 283 g/mol. The first-order valence-electron chi connectivity index (χ1n) is 6.86. The number of carbonyl (C=O) groups excluding carboxylic acids is 1. The maximum atomic E-state index is 13.3. The summed E-state index contributed by atoms with van der Waals surface area (Å²) >= 11 is 0. The Bertz CT molecular complexity index is 424. The quantitative estimate of drug-likeness (QED) is 0.559. The van der Waals surface area contributed by atoms with E-state index < -0.39 is 0 Å². The Kier molecular flexibility index (Phi) is 7.65. The number of esters is 1. The van der Waals surface area contributed by atoms with Crippen molar-refractivity contribution >= 4 is 5.97 Å². The van der Waals surface area contributed by atoms with E-state index in [2.05, 4.69) is 17.0 Å². The molecule has 0 aromatic heterocycles. The summed E-state index contributed by atoms with van der Waals surface area (Å²) in [6.45, 7) is 3.92. The monoisotopic (exact) mass is 283 g/mol. The topological polar surface area (TPSA) is 47.6 Å². The van der Waals surface area contributed by atoms with Crippen LogP contribution in [0.2, 0.25) is 0 Å². The van der Waals surface area contributed by atoms with Crippen LogP contribution >= 0.6 is 0 Å². The summed E-state index contributed by atoms with van der Waals surface area (Å²) in [5.41, 5.74) is 0.788. The molecule has 0 bridgehead atoms. The Morgan fingerprint density at radius 1 is 1.40 bits per heavy atom. The fourth-order valence-corrected chi connectivity index (χ4v) is 1.73. The molecule has 5 heteroatoms. The summed E-state index contributed by atoms with van der Waals surface area (Å²) in [5, 5.41) is 3.22. The molecule has 0 aliphatic heterocycles. The van der Waals surface area contributed by atoms with Gasteiger partial charge in [-0.05, 0) is 37.6 Å². The van der Waals surface area contributed by atoms with Crippen molar-refractivity contribution in [1.82, 2.24) is 5.32 Å². The van der Waals surface area contributed by atoms with Crippen molar-refractivity contribution in [3.05, 3.63) is 29.6 Å². The number of benzene rings is 1. The summed E-state index contributed by atoms with van der Waals surface area (Å²) in [7, 11) is 1.36. The van der Waals surface area contributed by atoms with Crippen molar-refractivity contribution in [2.45, 2.75) is 32.7 Å². The molecule has 20 heavy (non-hydrogen) atoms. The number of halogens is 1. The number of hydrogen-bond acceptors (Lipinski definition) is 4. The normalized spacial score (nSPS) is 10.3. The zero-order valence-electron chi connectivity index (χ0n) is 12.1. The van der Waals surface area contributed by atoms with Gasteiger partial charge in [0.2, 0.25) is 0 Å². The van der Waals surface area contributed by atoms with Crippen molar-refractivity contribution in [3.8, 4) is 5.75 Å². The van der Waals surface area contributed by atoms with Crippen LogP contribution in [-0.2, 0) is 16.1 Å². The van der Waals surface area contributed by atoms with Gasteiger partial charge in [-0.3, -0.25) is 4.79 Å². The highest BCUT2D eigenvalue weighted by molar-refractivity contribution is 5.69. The minimum Gasteiger partial charge on any atom is -0.493 e. The summed E-state index contributed by atoms with van der Waals surface area (Å²) in [4.78, 5) is 11.0. The van der Waals surface area contributed by atoms with Gasteiger partial charge in [0.05, 0.1) is 13.7 Å². The lowest BCUT2D eigenvalue weighted by atomic mass is 10.2. The van der Waals surface area contributed by atoms with Crippen LogP contribution in [0.4, 0.5) is 4.39 Å². The largest absolute Gasteiger partial charge is 0.493 e. The zero-order chi connectivity index (χ0) is 14.8. The predicted octanol–water partition coefficient (Wildman–Crippen LogP) is 2.66. The highest BCUT2D eigenvalue weighted by Gasteiger charge is 2.06. The van der Waals surface area contributed by atoms with Gasteiger partial charge in [-0.2, -0.15) is 0 Å². The van der Waals surface area contributed by atoms with Gasteiger partial charge < -0.3 is 14.8 Å². The molecule has 0 aliphatic carbocycles. The number of nitrogens with one attached hydrogen (secondary N) is 1. The molecule has 0 aliphatic rings. The van der Waals surface area contributed by atoms with Crippen molar-refractivity contribution in [2.75, 3.05) is 20.3 Å². The van der Waals surface area contributed by atoms with Crippen molar-refractivity contribution in [2.24, 2.45) is 0 Å². The molecule has 0 amide bonds. The number of ether oxygens (including phenoxy) is 2. The molecule has 1 N–H and O–H groups in total. The first-order chi connectivity index (χ1) is 9.67. The van der Waals surface area contributed by atoms with Gasteiger partial charge in [0.15, 0.2) is 0 Å². The van der Waals surface area contributed by atoms with Crippen LogP contribution in [0.1, 0.15) is 31.7 Å². The van der Waals surface area contributed by atoms with Gasteiger partial charge in [-0.25, -0.2) is 4.39 Å². The van der Waals surface area contributed by atoms with Crippen LogP contribution in [0.15, 0.2) is 18.2 Å². The molecule has 0 heterocycles. The molecular weight excluding hydrogens is 261 g/mol. The number of carbonyl (C=O) groups is 1. The number of rotatable bonds is 9. The highest BCUT2D eigenvalue weighted by atomic mass is 19.1. The minimum absolute atomic E-state index is 0.252. The molecule has 0 spiro atoms. The van der Waals surface area contributed by atoms with Gasteiger partial charge in [0.1, 0.15) is 11.6 Å². The van der Waals surface area contributed by atoms with Gasteiger partial charge >= 0.3 is 5.97 Å². The second-order valence-corrected chi connectivity index (χ2v) is 4.46. The third-order valence-electron chi connectivity index (χ3n) is 2.78. The molecule has 1 rings (SSSR count). The van der Waals surface area contributed by atoms with Crippen molar-refractivity contribution in [1.29, 1.82) is 0 Å². The standard InChI is InChI=1S/C15H22FNO3/c1-3-8-17-11-12-10-13(16)6-7-14(12)20-9-4-5-15(18)19-2/h6-7,10,17H,3-5,8-9,11H2,1-2H3. The fraction of sp³-hybridized carbons (Fsp3) is 0.533. The Balaban J connectivity index is 2.48. The SMILES string of the molecule is CCCNCc1cc(F)ccc1OCCCC(=O)OC. The third-order valence-corrected chi connectivity index (χ3v) is 2.78. The van der Waals surface area contributed by atoms with Crippen molar-refractivity contribution < 1.29 is 18.7 Å². The van der Waals surface area contributed by atoms with Crippen LogP contribution in [0.3, 0.4) is 0 Å². The zero-order valence-corrected chi connectivity index (χ0v) is 12.1. The van der Waals surface area contributed by atoms with E-state index in [1.165, 1.54) is 19.2 Å². The van der Waals surface area contributed by atoms with Gasteiger partial charge in [0, 0.05) is 18.5 Å². The Hall–Kier alpha value is -1.62. The lowest BCUT2D eigenvalue weighted by molar-refractivity contribution is -0.140. The Morgan fingerprint density at radius 2 is 2.20 bits per heavy atom. The first-order valence-corrected chi connectivity index (χ1v) is 6.86. The summed E-state index contributed by atoms with van der Waals surface area (Å²) < 4.78 is 23.4. The summed E-state index contributed by atoms with van der Waals surface area (Å²) in [5.74, 6) is 0.123. The van der Waals surface area contributed by atoms with Crippen LogP contribution in [0.25, 0.3) is 0 Å². The Labute approximate surface area is 119 Å². The second-order valence-electron chi connectivity index (χ2n) is 4.46.